The Balaban J connectivity index is 1.97. The number of fused-ring (bicyclic) bond motifs is 3. The van der Waals surface area contributed by atoms with Crippen LogP contribution in [0.25, 0.3) is 11.1 Å². The van der Waals surface area contributed by atoms with E-state index in [2.05, 4.69) is 80.4 Å². The monoisotopic (exact) mass is 363 g/mol. The van der Waals surface area contributed by atoms with Gasteiger partial charge in [-0.3, -0.25) is 0 Å². The topological polar surface area (TPSA) is 9.23 Å². The smallest absolute Gasteiger partial charge is 0.0773 e. The highest BCUT2D eigenvalue weighted by Crippen LogP contribution is 2.43. The van der Waals surface area contributed by atoms with Gasteiger partial charge in [-0.25, -0.2) is 0 Å². The van der Waals surface area contributed by atoms with Crippen molar-refractivity contribution >= 4 is 10.2 Å². The third kappa shape index (κ3) is 4.13. The van der Waals surface area contributed by atoms with Gasteiger partial charge < -0.3 is 4.74 Å². The Morgan fingerprint density at radius 3 is 2.38 bits per heavy atom. The highest BCUT2D eigenvalue weighted by molar-refractivity contribution is 6.15. The number of benzene rings is 2. The molecule has 2 aromatic carbocycles. The average Bonchev–Trinajstić information content (AvgIpc) is 2.96. The molecule has 0 bridgehead atoms. The van der Waals surface area contributed by atoms with Crippen molar-refractivity contribution in [2.45, 2.75) is 77.0 Å². The van der Waals surface area contributed by atoms with Crippen molar-refractivity contribution in [2.75, 3.05) is 0 Å². The fourth-order valence-corrected chi connectivity index (χ4v) is 4.82. The molecule has 0 heterocycles. The summed E-state index contributed by atoms with van der Waals surface area (Å²) in [5.74, 6) is 0. The van der Waals surface area contributed by atoms with Gasteiger partial charge in [0, 0.05) is 0 Å². The first-order valence-corrected chi connectivity index (χ1v) is 10.5. The van der Waals surface area contributed by atoms with Gasteiger partial charge >= 0.3 is 0 Å². The van der Waals surface area contributed by atoms with Gasteiger partial charge in [0.2, 0.25) is 0 Å². The van der Waals surface area contributed by atoms with Crippen molar-refractivity contribution in [3.63, 3.8) is 0 Å². The van der Waals surface area contributed by atoms with Crippen LogP contribution in [0.3, 0.4) is 0 Å². The molecule has 0 aliphatic heterocycles. The highest BCUT2D eigenvalue weighted by Gasteiger charge is 2.36. The first-order chi connectivity index (χ1) is 12.3. The van der Waals surface area contributed by atoms with Crippen molar-refractivity contribution in [1.29, 1.82) is 0 Å². The predicted octanol–water partition coefficient (Wildman–Crippen LogP) is 6.36. The second-order valence-electron chi connectivity index (χ2n) is 8.52. The molecule has 0 saturated heterocycles. The van der Waals surface area contributed by atoms with Crippen LogP contribution < -0.4 is 0 Å². The lowest BCUT2D eigenvalue weighted by atomic mass is 9.93. The third-order valence-electron chi connectivity index (χ3n) is 5.15. The SMILES string of the molecule is CCCCCCC([Si])(OC(C)(C)C)c1cccc2c1Cc1ccccc1-2. The normalized spacial score (nSPS) is 15.4. The largest absolute Gasteiger partial charge is 0.369 e. The average molecular weight is 364 g/mol. The molecule has 1 aliphatic rings. The molecule has 2 aromatic rings. The highest BCUT2D eigenvalue weighted by atomic mass is 28.1. The summed E-state index contributed by atoms with van der Waals surface area (Å²) in [6, 6.07) is 15.5. The molecule has 3 rings (SSSR count). The van der Waals surface area contributed by atoms with Gasteiger partial charge in [-0.05, 0) is 61.4 Å². The van der Waals surface area contributed by atoms with Gasteiger partial charge in [-0.15, -0.1) is 0 Å². The van der Waals surface area contributed by atoms with Crippen LogP contribution >= 0.6 is 0 Å². The zero-order chi connectivity index (χ0) is 18.8. The summed E-state index contributed by atoms with van der Waals surface area (Å²) >= 11 is 0. The minimum atomic E-state index is -0.431. The van der Waals surface area contributed by atoms with E-state index >= 15 is 0 Å². The van der Waals surface area contributed by atoms with Crippen molar-refractivity contribution < 1.29 is 4.74 Å². The second kappa shape index (κ2) is 7.70. The van der Waals surface area contributed by atoms with Crippen LogP contribution in [-0.2, 0) is 16.4 Å². The molecule has 0 aromatic heterocycles. The molecule has 1 unspecified atom stereocenters. The van der Waals surface area contributed by atoms with Crippen LogP contribution in [0.1, 0.15) is 76.5 Å². The van der Waals surface area contributed by atoms with E-state index in [9.17, 15) is 0 Å². The van der Waals surface area contributed by atoms with Gasteiger partial charge in [-0.2, -0.15) is 0 Å². The molecule has 1 nitrogen and oxygen atoms in total. The maximum Gasteiger partial charge on any atom is 0.0773 e. The third-order valence-corrected chi connectivity index (χ3v) is 5.77. The maximum absolute atomic E-state index is 6.63. The number of hydrogen-bond donors (Lipinski definition) is 0. The summed E-state index contributed by atoms with van der Waals surface area (Å²) in [5.41, 5.74) is 6.68. The van der Waals surface area contributed by atoms with Crippen LogP contribution in [0, 0.1) is 0 Å². The van der Waals surface area contributed by atoms with E-state index in [0.29, 0.717) is 0 Å². The quantitative estimate of drug-likeness (QED) is 0.350. The van der Waals surface area contributed by atoms with Crippen molar-refractivity contribution in [3.05, 3.63) is 59.2 Å². The van der Waals surface area contributed by atoms with Gasteiger partial charge in [0.1, 0.15) is 0 Å². The van der Waals surface area contributed by atoms with Gasteiger partial charge in [-0.1, -0.05) is 75.1 Å². The molecular weight excluding hydrogens is 332 g/mol. The Labute approximate surface area is 162 Å². The van der Waals surface area contributed by atoms with Gasteiger partial charge in [0.05, 0.1) is 21.1 Å². The number of ether oxygens (including phenoxy) is 1. The fraction of sp³-hybridized carbons (Fsp3) is 0.500. The molecule has 0 fully saturated rings. The van der Waals surface area contributed by atoms with Crippen LogP contribution in [-0.4, -0.2) is 15.8 Å². The summed E-state index contributed by atoms with van der Waals surface area (Å²) in [4.78, 5) is 0. The Kier molecular flexibility index (Phi) is 5.74. The van der Waals surface area contributed by atoms with E-state index in [1.165, 1.54) is 53.5 Å². The van der Waals surface area contributed by atoms with Gasteiger partial charge in [0.25, 0.3) is 0 Å². The second-order valence-corrected chi connectivity index (χ2v) is 9.33. The molecule has 0 saturated carbocycles. The molecule has 0 spiro atoms. The number of unbranched alkanes of at least 4 members (excludes halogenated alkanes) is 3. The number of rotatable bonds is 7. The molecular formula is C24H31OSi. The predicted molar refractivity (Wildman–Crippen MR) is 112 cm³/mol. The summed E-state index contributed by atoms with van der Waals surface area (Å²) in [6.45, 7) is 8.69. The van der Waals surface area contributed by atoms with Crippen LogP contribution in [0.5, 0.6) is 0 Å². The Bertz CT molecular complexity index is 759. The molecule has 3 radical (unpaired) electrons. The molecule has 1 atom stereocenters. The zero-order valence-electron chi connectivity index (χ0n) is 16.7. The minimum Gasteiger partial charge on any atom is -0.369 e. The molecule has 2 heteroatoms. The van der Waals surface area contributed by atoms with E-state index in [1.807, 2.05) is 0 Å². The van der Waals surface area contributed by atoms with E-state index < -0.39 is 5.22 Å². The van der Waals surface area contributed by atoms with E-state index in [1.54, 1.807) is 0 Å². The molecule has 0 N–H and O–H groups in total. The lowest BCUT2D eigenvalue weighted by Gasteiger charge is -2.39. The van der Waals surface area contributed by atoms with Crippen molar-refractivity contribution in [2.24, 2.45) is 0 Å². The zero-order valence-corrected chi connectivity index (χ0v) is 17.7. The van der Waals surface area contributed by atoms with E-state index in [4.69, 9.17) is 4.74 Å². The lowest BCUT2D eigenvalue weighted by molar-refractivity contribution is -0.0943. The first-order valence-electron chi connectivity index (χ1n) is 10.00. The maximum atomic E-state index is 6.63. The minimum absolute atomic E-state index is 0.208. The van der Waals surface area contributed by atoms with Crippen LogP contribution in [0.4, 0.5) is 0 Å². The Morgan fingerprint density at radius 1 is 0.923 bits per heavy atom. The molecule has 137 valence electrons. The molecule has 26 heavy (non-hydrogen) atoms. The lowest BCUT2D eigenvalue weighted by Crippen LogP contribution is -2.39. The summed E-state index contributed by atoms with van der Waals surface area (Å²) in [7, 11) is 4.12. The molecule has 1 aliphatic carbocycles. The van der Waals surface area contributed by atoms with Crippen molar-refractivity contribution in [3.8, 4) is 11.1 Å². The number of hydrogen-bond acceptors (Lipinski definition) is 1. The summed E-state index contributed by atoms with van der Waals surface area (Å²) in [5, 5.41) is -0.431. The van der Waals surface area contributed by atoms with Crippen LogP contribution in [0.15, 0.2) is 42.5 Å². The van der Waals surface area contributed by atoms with Crippen LogP contribution in [0.2, 0.25) is 0 Å². The Hall–Kier alpha value is -1.38. The molecule has 0 amide bonds. The standard InChI is InChI=1S/C24H31OSi/c1-5-6-7-10-16-24(26,25-23(2,3)4)22-15-11-14-20-19-13-9-8-12-18(19)17-21(20)22/h8-9,11-15H,5-7,10,16-17H2,1-4H3. The Morgan fingerprint density at radius 2 is 1.65 bits per heavy atom. The first kappa shape index (κ1) is 19.4. The fourth-order valence-electron chi connectivity index (χ4n) is 4.10. The summed E-state index contributed by atoms with van der Waals surface area (Å²) in [6.07, 6.45) is 6.96. The van der Waals surface area contributed by atoms with Gasteiger partial charge in [0.15, 0.2) is 0 Å². The van der Waals surface area contributed by atoms with E-state index in [-0.39, 0.29) is 5.60 Å². The van der Waals surface area contributed by atoms with Crippen molar-refractivity contribution in [1.82, 2.24) is 0 Å². The van der Waals surface area contributed by atoms with E-state index in [0.717, 1.165) is 12.8 Å². The summed E-state index contributed by atoms with van der Waals surface area (Å²) < 4.78 is 6.63.